The van der Waals surface area contributed by atoms with Crippen LogP contribution in [0.5, 0.6) is 0 Å². The van der Waals surface area contributed by atoms with Crippen molar-refractivity contribution in [2.24, 2.45) is 11.3 Å². The molecule has 0 saturated heterocycles. The van der Waals surface area contributed by atoms with Crippen molar-refractivity contribution in [3.05, 3.63) is 0 Å². The number of aliphatic carboxylic acids is 1. The van der Waals surface area contributed by atoms with Crippen LogP contribution in [-0.4, -0.2) is 29.7 Å². The smallest absolute Gasteiger partial charge is 0.389 e. The number of nitrogens with one attached hydrogen (secondary N) is 1. The third kappa shape index (κ3) is 6.77. The van der Waals surface area contributed by atoms with Crippen molar-refractivity contribution < 1.29 is 27.9 Å². The summed E-state index contributed by atoms with van der Waals surface area (Å²) < 4.78 is 35.7. The molecule has 0 radical (unpaired) electrons. The van der Waals surface area contributed by atoms with E-state index in [0.717, 1.165) is 0 Å². The number of carboxylic acid groups (broad SMARTS) is 1. The fourth-order valence-corrected chi connectivity index (χ4v) is 1.60. The molecule has 0 saturated carbocycles. The second-order valence-corrected chi connectivity index (χ2v) is 5.48. The lowest BCUT2D eigenvalue weighted by atomic mass is 9.76. The van der Waals surface area contributed by atoms with E-state index in [1.165, 1.54) is 6.92 Å². The maximum absolute atomic E-state index is 11.9. The molecule has 0 aromatic rings. The molecule has 0 bridgehead atoms. The standard InChI is InChI=1S/C13H22F3NO3/c1-9(2)12(3,11(19)20)8-10(18)17-7-5-4-6-13(14,15)16/h9H,4-8H2,1-3H3,(H,17,18)(H,19,20). The number of carbonyl (C=O) groups excluding carboxylic acids is 1. The van der Waals surface area contributed by atoms with Crippen LogP contribution in [-0.2, 0) is 9.59 Å². The van der Waals surface area contributed by atoms with Gasteiger partial charge in [0, 0.05) is 19.4 Å². The minimum Gasteiger partial charge on any atom is -0.481 e. The molecular formula is C13H22F3NO3. The van der Waals surface area contributed by atoms with Gasteiger partial charge in [-0.2, -0.15) is 13.2 Å². The van der Waals surface area contributed by atoms with Crippen molar-refractivity contribution in [3.8, 4) is 0 Å². The zero-order valence-electron chi connectivity index (χ0n) is 12.0. The van der Waals surface area contributed by atoms with Gasteiger partial charge in [-0.25, -0.2) is 0 Å². The van der Waals surface area contributed by atoms with Gasteiger partial charge in [-0.1, -0.05) is 13.8 Å². The van der Waals surface area contributed by atoms with Crippen LogP contribution in [0.15, 0.2) is 0 Å². The maximum Gasteiger partial charge on any atom is 0.389 e. The number of hydrogen-bond acceptors (Lipinski definition) is 2. The lowest BCUT2D eigenvalue weighted by Crippen LogP contribution is -2.39. The molecule has 0 fully saturated rings. The van der Waals surface area contributed by atoms with Crippen LogP contribution in [0.3, 0.4) is 0 Å². The first-order valence-corrected chi connectivity index (χ1v) is 6.56. The van der Waals surface area contributed by atoms with Crippen LogP contribution in [0.4, 0.5) is 13.2 Å². The van der Waals surface area contributed by atoms with E-state index in [-0.39, 0.29) is 31.7 Å². The summed E-state index contributed by atoms with van der Waals surface area (Å²) >= 11 is 0. The summed E-state index contributed by atoms with van der Waals surface area (Å²) in [7, 11) is 0. The van der Waals surface area contributed by atoms with Crippen molar-refractivity contribution in [1.82, 2.24) is 5.32 Å². The second kappa shape index (κ2) is 7.50. The van der Waals surface area contributed by atoms with Gasteiger partial charge in [0.2, 0.25) is 5.91 Å². The molecule has 118 valence electrons. The van der Waals surface area contributed by atoms with Gasteiger partial charge in [-0.05, 0) is 25.7 Å². The topological polar surface area (TPSA) is 66.4 Å². The van der Waals surface area contributed by atoms with Crippen molar-refractivity contribution in [1.29, 1.82) is 0 Å². The van der Waals surface area contributed by atoms with Crippen LogP contribution >= 0.6 is 0 Å². The Kier molecular flexibility index (Phi) is 7.02. The minimum absolute atomic E-state index is 0.0514. The van der Waals surface area contributed by atoms with E-state index in [0.29, 0.717) is 0 Å². The van der Waals surface area contributed by atoms with Crippen LogP contribution in [0, 0.1) is 11.3 Å². The van der Waals surface area contributed by atoms with Gasteiger partial charge in [-0.15, -0.1) is 0 Å². The molecule has 0 spiro atoms. The molecule has 0 aliphatic rings. The molecule has 1 atom stereocenters. The van der Waals surface area contributed by atoms with E-state index in [4.69, 9.17) is 5.11 Å². The molecule has 0 aliphatic carbocycles. The lowest BCUT2D eigenvalue weighted by Gasteiger charge is -2.28. The monoisotopic (exact) mass is 297 g/mol. The van der Waals surface area contributed by atoms with Crippen LogP contribution in [0.2, 0.25) is 0 Å². The normalized spacial score (nSPS) is 14.9. The Labute approximate surface area is 116 Å². The SMILES string of the molecule is CC(C)C(C)(CC(=O)NCCCCC(F)(F)F)C(=O)O. The van der Waals surface area contributed by atoms with Gasteiger partial charge in [0.05, 0.1) is 5.41 Å². The number of hydrogen-bond donors (Lipinski definition) is 2. The van der Waals surface area contributed by atoms with Crippen LogP contribution < -0.4 is 5.32 Å². The number of alkyl halides is 3. The highest BCUT2D eigenvalue weighted by atomic mass is 19.4. The average molecular weight is 297 g/mol. The van der Waals surface area contributed by atoms with Gasteiger partial charge < -0.3 is 10.4 Å². The number of amides is 1. The zero-order valence-corrected chi connectivity index (χ0v) is 12.0. The third-order valence-corrected chi connectivity index (χ3v) is 3.50. The number of carboxylic acids is 1. The molecule has 2 N–H and O–H groups in total. The van der Waals surface area contributed by atoms with E-state index < -0.39 is 29.9 Å². The molecule has 0 aromatic heterocycles. The van der Waals surface area contributed by atoms with Gasteiger partial charge in [-0.3, -0.25) is 9.59 Å². The van der Waals surface area contributed by atoms with Gasteiger partial charge in [0.1, 0.15) is 0 Å². The summed E-state index contributed by atoms with van der Waals surface area (Å²) in [5.41, 5.74) is -1.17. The quantitative estimate of drug-likeness (QED) is 0.677. The van der Waals surface area contributed by atoms with Gasteiger partial charge >= 0.3 is 12.1 Å². The molecule has 0 aliphatic heterocycles. The summed E-state index contributed by atoms with van der Waals surface area (Å²) in [5, 5.41) is 11.6. The Bertz CT molecular complexity index is 342. The number of carbonyl (C=O) groups is 2. The molecule has 0 rings (SSSR count). The Balaban J connectivity index is 4.08. The summed E-state index contributed by atoms with van der Waals surface area (Å²) in [4.78, 5) is 22.8. The van der Waals surface area contributed by atoms with Crippen LogP contribution in [0.1, 0.15) is 46.5 Å². The van der Waals surface area contributed by atoms with Crippen molar-refractivity contribution in [2.45, 2.75) is 52.6 Å². The molecular weight excluding hydrogens is 275 g/mol. The van der Waals surface area contributed by atoms with Gasteiger partial charge in [0.15, 0.2) is 0 Å². The molecule has 0 heterocycles. The maximum atomic E-state index is 11.9. The second-order valence-electron chi connectivity index (χ2n) is 5.48. The highest BCUT2D eigenvalue weighted by molar-refractivity contribution is 5.84. The highest BCUT2D eigenvalue weighted by Gasteiger charge is 2.38. The number of rotatable bonds is 8. The molecule has 20 heavy (non-hydrogen) atoms. The van der Waals surface area contributed by atoms with Crippen molar-refractivity contribution >= 4 is 11.9 Å². The predicted octanol–water partition coefficient (Wildman–Crippen LogP) is 2.97. The average Bonchev–Trinajstić information content (AvgIpc) is 2.26. The summed E-state index contributed by atoms with van der Waals surface area (Å²) in [6, 6.07) is 0. The van der Waals surface area contributed by atoms with Crippen LogP contribution in [0.25, 0.3) is 0 Å². The first kappa shape index (κ1) is 18.7. The van der Waals surface area contributed by atoms with E-state index in [2.05, 4.69) is 5.32 Å². The minimum atomic E-state index is -4.18. The van der Waals surface area contributed by atoms with E-state index in [1.807, 2.05) is 0 Å². The third-order valence-electron chi connectivity index (χ3n) is 3.50. The fraction of sp³-hybridized carbons (Fsp3) is 0.846. The Morgan fingerprint density at radius 3 is 2.15 bits per heavy atom. The zero-order chi connectivity index (χ0) is 16.0. The van der Waals surface area contributed by atoms with E-state index in [9.17, 15) is 22.8 Å². The molecule has 4 nitrogen and oxygen atoms in total. The highest BCUT2D eigenvalue weighted by Crippen LogP contribution is 2.31. The Hall–Kier alpha value is -1.27. The van der Waals surface area contributed by atoms with Crippen molar-refractivity contribution in [3.63, 3.8) is 0 Å². The number of halogens is 3. The predicted molar refractivity (Wildman–Crippen MR) is 68.1 cm³/mol. The van der Waals surface area contributed by atoms with E-state index >= 15 is 0 Å². The first-order valence-electron chi connectivity index (χ1n) is 6.56. The molecule has 0 aromatic carbocycles. The lowest BCUT2D eigenvalue weighted by molar-refractivity contribution is -0.153. The largest absolute Gasteiger partial charge is 0.481 e. The molecule has 1 amide bonds. The summed E-state index contributed by atoms with van der Waals surface area (Å²) in [6.45, 7) is 5.04. The summed E-state index contributed by atoms with van der Waals surface area (Å²) in [5.74, 6) is -1.73. The van der Waals surface area contributed by atoms with E-state index in [1.54, 1.807) is 13.8 Å². The molecule has 1 unspecified atom stereocenters. The Morgan fingerprint density at radius 1 is 1.20 bits per heavy atom. The van der Waals surface area contributed by atoms with Gasteiger partial charge in [0.25, 0.3) is 0 Å². The number of unbranched alkanes of at least 4 members (excludes halogenated alkanes) is 1. The fourth-order valence-electron chi connectivity index (χ4n) is 1.60. The summed E-state index contributed by atoms with van der Waals surface area (Å²) in [6.07, 6.45) is -5.06. The Morgan fingerprint density at radius 2 is 1.75 bits per heavy atom. The first-order chi connectivity index (χ1) is 8.99. The van der Waals surface area contributed by atoms with Crippen molar-refractivity contribution in [2.75, 3.05) is 6.54 Å². The molecule has 7 heteroatoms.